The summed E-state index contributed by atoms with van der Waals surface area (Å²) < 4.78 is 0. The third-order valence-electron chi connectivity index (χ3n) is 2.87. The van der Waals surface area contributed by atoms with Gasteiger partial charge < -0.3 is 15.3 Å². The van der Waals surface area contributed by atoms with Gasteiger partial charge in [0.05, 0.1) is 6.10 Å². The molecule has 0 aromatic carbocycles. The van der Waals surface area contributed by atoms with Crippen LogP contribution in [-0.2, 0) is 6.42 Å². The lowest BCUT2D eigenvalue weighted by atomic mass is 10.1. The minimum absolute atomic E-state index is 0.0928. The van der Waals surface area contributed by atoms with Crippen molar-refractivity contribution in [3.05, 3.63) is 23.4 Å². The molecule has 1 amide bonds. The van der Waals surface area contributed by atoms with E-state index in [-0.39, 0.29) is 5.91 Å². The van der Waals surface area contributed by atoms with Crippen molar-refractivity contribution >= 4 is 11.7 Å². The SMILES string of the molecule is CCCc1cc(C(=O)N(C)CC(C)O)cc(NCC)n1. The third-order valence-corrected chi connectivity index (χ3v) is 2.87. The maximum absolute atomic E-state index is 12.4. The van der Waals surface area contributed by atoms with Gasteiger partial charge >= 0.3 is 0 Å². The van der Waals surface area contributed by atoms with E-state index in [4.69, 9.17) is 0 Å². The van der Waals surface area contributed by atoms with Crippen LogP contribution in [0.25, 0.3) is 0 Å². The lowest BCUT2D eigenvalue weighted by Crippen LogP contribution is -2.33. The van der Waals surface area contributed by atoms with Gasteiger partial charge in [0, 0.05) is 31.4 Å². The molecule has 0 bridgehead atoms. The zero-order valence-electron chi connectivity index (χ0n) is 12.8. The van der Waals surface area contributed by atoms with Crippen LogP contribution in [0.2, 0.25) is 0 Å². The number of aliphatic hydroxyl groups excluding tert-OH is 1. The van der Waals surface area contributed by atoms with Gasteiger partial charge in [0.25, 0.3) is 5.91 Å². The summed E-state index contributed by atoms with van der Waals surface area (Å²) in [6.07, 6.45) is 1.30. The maximum Gasteiger partial charge on any atom is 0.253 e. The number of hydrogen-bond acceptors (Lipinski definition) is 4. The number of nitrogens with zero attached hydrogens (tertiary/aromatic N) is 2. The molecular formula is C15H25N3O2. The first-order valence-electron chi connectivity index (χ1n) is 7.16. The van der Waals surface area contributed by atoms with Crippen LogP contribution < -0.4 is 5.32 Å². The monoisotopic (exact) mass is 279 g/mol. The van der Waals surface area contributed by atoms with Gasteiger partial charge in [0.2, 0.25) is 0 Å². The number of carbonyl (C=O) groups excluding carboxylic acids is 1. The summed E-state index contributed by atoms with van der Waals surface area (Å²) in [6.45, 7) is 6.83. The van der Waals surface area contributed by atoms with Crippen LogP contribution in [0, 0.1) is 0 Å². The predicted molar refractivity (Wildman–Crippen MR) is 81.0 cm³/mol. The van der Waals surface area contributed by atoms with Crippen molar-refractivity contribution in [3.8, 4) is 0 Å². The Balaban J connectivity index is 2.99. The number of rotatable bonds is 7. The lowest BCUT2D eigenvalue weighted by molar-refractivity contribution is 0.0703. The zero-order valence-corrected chi connectivity index (χ0v) is 12.8. The molecule has 1 heterocycles. The van der Waals surface area contributed by atoms with Crippen LogP contribution in [0.5, 0.6) is 0 Å². The van der Waals surface area contributed by atoms with E-state index in [1.807, 2.05) is 13.0 Å². The van der Waals surface area contributed by atoms with Gasteiger partial charge in [0.1, 0.15) is 5.82 Å². The number of hydrogen-bond donors (Lipinski definition) is 2. The molecule has 5 nitrogen and oxygen atoms in total. The molecule has 20 heavy (non-hydrogen) atoms. The van der Waals surface area contributed by atoms with E-state index >= 15 is 0 Å². The Hall–Kier alpha value is -1.62. The molecule has 0 fully saturated rings. The number of amides is 1. The lowest BCUT2D eigenvalue weighted by Gasteiger charge is -2.19. The number of carbonyl (C=O) groups is 1. The van der Waals surface area contributed by atoms with Crippen LogP contribution in [0.3, 0.4) is 0 Å². The number of anilines is 1. The summed E-state index contributed by atoms with van der Waals surface area (Å²) in [7, 11) is 1.70. The maximum atomic E-state index is 12.4. The van der Waals surface area contributed by atoms with E-state index in [1.165, 1.54) is 4.90 Å². The first-order chi connectivity index (χ1) is 9.47. The van der Waals surface area contributed by atoms with E-state index in [0.717, 1.165) is 30.9 Å². The highest BCUT2D eigenvalue weighted by molar-refractivity contribution is 5.94. The minimum Gasteiger partial charge on any atom is -0.392 e. The van der Waals surface area contributed by atoms with E-state index < -0.39 is 6.10 Å². The molecule has 0 aliphatic rings. The van der Waals surface area contributed by atoms with Crippen LogP contribution in [0.4, 0.5) is 5.82 Å². The normalized spacial score (nSPS) is 12.1. The van der Waals surface area contributed by atoms with Gasteiger partial charge in [-0.25, -0.2) is 4.98 Å². The molecule has 2 N–H and O–H groups in total. The molecule has 1 rings (SSSR count). The average Bonchev–Trinajstić information content (AvgIpc) is 2.37. The van der Waals surface area contributed by atoms with Crippen molar-refractivity contribution in [2.24, 2.45) is 0 Å². The van der Waals surface area contributed by atoms with Crippen LogP contribution in [0.1, 0.15) is 43.2 Å². The molecule has 1 aromatic rings. The van der Waals surface area contributed by atoms with Crippen molar-refractivity contribution in [3.63, 3.8) is 0 Å². The van der Waals surface area contributed by atoms with E-state index in [9.17, 15) is 9.90 Å². The quantitative estimate of drug-likeness (QED) is 0.800. The molecule has 0 aliphatic heterocycles. The summed E-state index contributed by atoms with van der Waals surface area (Å²) in [5.41, 5.74) is 1.53. The molecule has 112 valence electrons. The van der Waals surface area contributed by atoms with Crippen molar-refractivity contribution in [2.75, 3.05) is 25.5 Å². The summed E-state index contributed by atoms with van der Waals surface area (Å²) in [5, 5.41) is 12.5. The Labute approximate surface area is 121 Å². The van der Waals surface area contributed by atoms with Gasteiger partial charge in [-0.2, -0.15) is 0 Å². The zero-order chi connectivity index (χ0) is 15.1. The van der Waals surface area contributed by atoms with E-state index in [2.05, 4.69) is 17.2 Å². The molecular weight excluding hydrogens is 254 g/mol. The molecule has 1 atom stereocenters. The van der Waals surface area contributed by atoms with Crippen molar-refractivity contribution < 1.29 is 9.90 Å². The number of likely N-dealkylation sites (N-methyl/N-ethyl adjacent to an activating group) is 1. The Kier molecular flexibility index (Phi) is 6.45. The summed E-state index contributed by atoms with van der Waals surface area (Å²) >= 11 is 0. The highest BCUT2D eigenvalue weighted by Crippen LogP contribution is 2.14. The third kappa shape index (κ3) is 4.81. The minimum atomic E-state index is -0.533. The highest BCUT2D eigenvalue weighted by atomic mass is 16.3. The molecule has 1 aromatic heterocycles. The number of aryl methyl sites for hydroxylation is 1. The van der Waals surface area contributed by atoms with E-state index in [0.29, 0.717) is 12.1 Å². The van der Waals surface area contributed by atoms with E-state index in [1.54, 1.807) is 20.0 Å². The largest absolute Gasteiger partial charge is 0.392 e. The Morgan fingerprint density at radius 1 is 1.45 bits per heavy atom. The molecule has 0 saturated carbocycles. The molecule has 0 radical (unpaired) electrons. The Morgan fingerprint density at radius 2 is 2.15 bits per heavy atom. The predicted octanol–water partition coefficient (Wildman–Crippen LogP) is 1.92. The summed E-state index contributed by atoms with van der Waals surface area (Å²) in [6, 6.07) is 3.61. The number of pyridine rings is 1. The first kappa shape index (κ1) is 16.4. The Bertz CT molecular complexity index is 422. The van der Waals surface area contributed by atoms with Crippen molar-refractivity contribution in [1.29, 1.82) is 0 Å². The molecule has 0 saturated heterocycles. The fourth-order valence-corrected chi connectivity index (χ4v) is 2.07. The smallest absolute Gasteiger partial charge is 0.253 e. The summed E-state index contributed by atoms with van der Waals surface area (Å²) in [4.78, 5) is 18.4. The first-order valence-corrected chi connectivity index (χ1v) is 7.16. The fourth-order valence-electron chi connectivity index (χ4n) is 2.07. The van der Waals surface area contributed by atoms with Gasteiger partial charge in [0.15, 0.2) is 0 Å². The highest BCUT2D eigenvalue weighted by Gasteiger charge is 2.15. The fraction of sp³-hybridized carbons (Fsp3) is 0.600. The van der Waals surface area contributed by atoms with Gasteiger partial charge in [-0.3, -0.25) is 4.79 Å². The van der Waals surface area contributed by atoms with Crippen LogP contribution in [-0.4, -0.2) is 47.1 Å². The van der Waals surface area contributed by atoms with Crippen LogP contribution >= 0.6 is 0 Å². The molecule has 1 unspecified atom stereocenters. The second kappa shape index (κ2) is 7.85. The van der Waals surface area contributed by atoms with Crippen molar-refractivity contribution in [1.82, 2.24) is 9.88 Å². The number of nitrogens with one attached hydrogen (secondary N) is 1. The molecule has 0 aliphatic carbocycles. The van der Waals surface area contributed by atoms with Gasteiger partial charge in [-0.15, -0.1) is 0 Å². The number of aromatic nitrogens is 1. The van der Waals surface area contributed by atoms with Crippen LogP contribution in [0.15, 0.2) is 12.1 Å². The van der Waals surface area contributed by atoms with Gasteiger partial charge in [-0.05, 0) is 32.4 Å². The van der Waals surface area contributed by atoms with Crippen molar-refractivity contribution in [2.45, 2.75) is 39.7 Å². The molecule has 0 spiro atoms. The standard InChI is InChI=1S/C15H25N3O2/c1-5-7-13-8-12(9-14(17-13)16-6-2)15(20)18(4)10-11(3)19/h8-9,11,19H,5-7,10H2,1-4H3,(H,16,17). The summed E-state index contributed by atoms with van der Waals surface area (Å²) in [5.74, 6) is 0.636. The topological polar surface area (TPSA) is 65.5 Å². The second-order valence-electron chi connectivity index (χ2n) is 5.05. The average molecular weight is 279 g/mol. The van der Waals surface area contributed by atoms with Gasteiger partial charge in [-0.1, -0.05) is 13.3 Å². The second-order valence-corrected chi connectivity index (χ2v) is 5.05. The molecule has 5 heteroatoms. The Morgan fingerprint density at radius 3 is 2.70 bits per heavy atom. The number of aliphatic hydroxyl groups is 1.